The monoisotopic (exact) mass is 305 g/mol. The Labute approximate surface area is 125 Å². The second-order valence-corrected chi connectivity index (χ2v) is 6.11. The third-order valence-electron chi connectivity index (χ3n) is 2.92. The zero-order valence-electron chi connectivity index (χ0n) is 11.3. The minimum atomic E-state index is 0.672. The zero-order chi connectivity index (χ0) is 13.9. The summed E-state index contributed by atoms with van der Waals surface area (Å²) in [6.45, 7) is 5.61. The van der Waals surface area contributed by atoms with E-state index in [2.05, 4.69) is 31.7 Å². The molecule has 104 valence electrons. The van der Waals surface area contributed by atoms with Gasteiger partial charge in [-0.3, -0.25) is 0 Å². The number of aryl methyl sites for hydroxylation is 1. The molecule has 0 aliphatic heterocycles. The second kappa shape index (κ2) is 5.72. The predicted molar refractivity (Wildman–Crippen MR) is 85.8 cm³/mol. The van der Waals surface area contributed by atoms with E-state index in [0.29, 0.717) is 5.95 Å². The summed E-state index contributed by atoms with van der Waals surface area (Å²) in [5.41, 5.74) is 2.95. The Kier molecular flexibility index (Phi) is 3.79. The van der Waals surface area contributed by atoms with Crippen molar-refractivity contribution in [3.63, 3.8) is 0 Å². The largest absolute Gasteiger partial charge is 0.364 e. The van der Waals surface area contributed by atoms with E-state index in [9.17, 15) is 0 Å². The molecule has 0 radical (unpaired) electrons. The highest BCUT2D eigenvalue weighted by atomic mass is 32.1. The quantitative estimate of drug-likeness (QED) is 0.755. The topological polar surface area (TPSA) is 62.7 Å². The smallest absolute Gasteiger partial charge is 0.226 e. The molecule has 0 unspecified atom stereocenters. The van der Waals surface area contributed by atoms with Gasteiger partial charge in [0.05, 0.1) is 23.1 Å². The summed E-state index contributed by atoms with van der Waals surface area (Å²) in [7, 11) is 0. The molecule has 3 aromatic rings. The Balaban J connectivity index is 1.89. The van der Waals surface area contributed by atoms with E-state index >= 15 is 0 Å². The maximum absolute atomic E-state index is 4.55. The van der Waals surface area contributed by atoms with Crippen LogP contribution >= 0.6 is 22.7 Å². The number of thiophene rings is 1. The summed E-state index contributed by atoms with van der Waals surface area (Å²) in [6.07, 6.45) is 0. The Morgan fingerprint density at radius 2 is 2.10 bits per heavy atom. The van der Waals surface area contributed by atoms with Crippen LogP contribution < -0.4 is 10.6 Å². The lowest BCUT2D eigenvalue weighted by Crippen LogP contribution is -2.06. The lowest BCUT2D eigenvalue weighted by atomic mass is 10.3. The normalized spacial score (nSPS) is 10.9. The van der Waals surface area contributed by atoms with Crippen LogP contribution in [0.5, 0.6) is 0 Å². The number of thiazole rings is 1. The van der Waals surface area contributed by atoms with E-state index in [-0.39, 0.29) is 0 Å². The first-order chi connectivity index (χ1) is 9.78. The van der Waals surface area contributed by atoms with Crippen molar-refractivity contribution < 1.29 is 0 Å². The van der Waals surface area contributed by atoms with Crippen molar-refractivity contribution in [1.82, 2.24) is 15.0 Å². The van der Waals surface area contributed by atoms with Crippen molar-refractivity contribution in [3.8, 4) is 0 Å². The highest BCUT2D eigenvalue weighted by Gasteiger charge is 2.09. The van der Waals surface area contributed by atoms with Crippen molar-refractivity contribution in [2.75, 3.05) is 17.2 Å². The summed E-state index contributed by atoms with van der Waals surface area (Å²) in [5.74, 6) is 1.55. The fourth-order valence-electron chi connectivity index (χ4n) is 1.89. The van der Waals surface area contributed by atoms with Crippen molar-refractivity contribution in [2.24, 2.45) is 0 Å². The standard InChI is InChI=1S/C13H15N5S2/c1-3-14-13-17-11(9-4-5-19-12(9)18-13)15-6-10-8(2)16-7-20-10/h4-5,7H,3,6H2,1-2H3,(H2,14,15,17,18). The molecule has 3 heterocycles. The molecule has 0 aliphatic carbocycles. The van der Waals surface area contributed by atoms with Gasteiger partial charge in [-0.1, -0.05) is 0 Å². The lowest BCUT2D eigenvalue weighted by molar-refractivity contribution is 1.07. The summed E-state index contributed by atoms with van der Waals surface area (Å²) >= 11 is 3.29. The number of hydrogen-bond acceptors (Lipinski definition) is 7. The molecule has 2 N–H and O–H groups in total. The molecule has 0 bridgehead atoms. The van der Waals surface area contributed by atoms with Gasteiger partial charge in [-0.15, -0.1) is 22.7 Å². The van der Waals surface area contributed by atoms with E-state index in [1.54, 1.807) is 22.7 Å². The predicted octanol–water partition coefficient (Wildman–Crippen LogP) is 3.50. The van der Waals surface area contributed by atoms with Crippen LogP contribution in [0.25, 0.3) is 10.2 Å². The summed E-state index contributed by atoms with van der Waals surface area (Å²) in [5, 5.41) is 9.68. The van der Waals surface area contributed by atoms with Gasteiger partial charge < -0.3 is 10.6 Å². The first-order valence-corrected chi connectivity index (χ1v) is 8.15. The minimum absolute atomic E-state index is 0.672. The average molecular weight is 305 g/mol. The molecule has 7 heteroatoms. The van der Waals surface area contributed by atoms with Crippen LogP contribution in [0.4, 0.5) is 11.8 Å². The molecule has 0 saturated carbocycles. The summed E-state index contributed by atoms with van der Waals surface area (Å²) in [4.78, 5) is 15.5. The van der Waals surface area contributed by atoms with Gasteiger partial charge >= 0.3 is 0 Å². The molecule has 0 spiro atoms. The molecule has 0 aliphatic rings. The van der Waals surface area contributed by atoms with E-state index < -0.39 is 0 Å². The van der Waals surface area contributed by atoms with Crippen LogP contribution in [0.1, 0.15) is 17.5 Å². The molecular weight excluding hydrogens is 290 g/mol. The van der Waals surface area contributed by atoms with E-state index in [1.165, 1.54) is 4.88 Å². The van der Waals surface area contributed by atoms with Crippen LogP contribution in [0, 0.1) is 6.92 Å². The van der Waals surface area contributed by atoms with E-state index in [0.717, 1.165) is 34.8 Å². The molecule has 0 aromatic carbocycles. The van der Waals surface area contributed by atoms with Gasteiger partial charge in [-0.2, -0.15) is 4.98 Å². The number of rotatable bonds is 5. The Hall–Kier alpha value is -1.73. The fraction of sp³-hybridized carbons (Fsp3) is 0.308. The highest BCUT2D eigenvalue weighted by molar-refractivity contribution is 7.16. The van der Waals surface area contributed by atoms with Gasteiger partial charge in [0.25, 0.3) is 0 Å². The number of anilines is 2. The molecule has 0 fully saturated rings. The Bertz CT molecular complexity index is 718. The maximum atomic E-state index is 4.55. The summed E-state index contributed by atoms with van der Waals surface area (Å²) in [6, 6.07) is 2.05. The van der Waals surface area contributed by atoms with Crippen molar-refractivity contribution in [1.29, 1.82) is 0 Å². The second-order valence-electron chi connectivity index (χ2n) is 4.28. The summed E-state index contributed by atoms with van der Waals surface area (Å²) < 4.78 is 0. The molecule has 5 nitrogen and oxygen atoms in total. The molecule has 3 rings (SSSR count). The van der Waals surface area contributed by atoms with E-state index in [1.807, 2.05) is 24.7 Å². The van der Waals surface area contributed by atoms with E-state index in [4.69, 9.17) is 0 Å². The van der Waals surface area contributed by atoms with Crippen LogP contribution in [0.15, 0.2) is 17.0 Å². The van der Waals surface area contributed by atoms with Gasteiger partial charge in [0.15, 0.2) is 0 Å². The molecule has 0 saturated heterocycles. The molecule has 0 atom stereocenters. The molecule has 3 aromatic heterocycles. The molecule has 20 heavy (non-hydrogen) atoms. The Morgan fingerprint density at radius 3 is 2.85 bits per heavy atom. The molecular formula is C13H15N5S2. The number of nitrogens with zero attached hydrogens (tertiary/aromatic N) is 3. The van der Waals surface area contributed by atoms with Crippen molar-refractivity contribution in [2.45, 2.75) is 20.4 Å². The third kappa shape index (κ3) is 2.59. The van der Waals surface area contributed by atoms with Gasteiger partial charge in [-0.25, -0.2) is 9.97 Å². The number of aromatic nitrogens is 3. The van der Waals surface area contributed by atoms with Crippen molar-refractivity contribution >= 4 is 44.7 Å². The minimum Gasteiger partial charge on any atom is -0.364 e. The third-order valence-corrected chi connectivity index (χ3v) is 4.66. The molecule has 0 amide bonds. The zero-order valence-corrected chi connectivity index (χ0v) is 12.9. The van der Waals surface area contributed by atoms with Crippen molar-refractivity contribution in [3.05, 3.63) is 27.5 Å². The Morgan fingerprint density at radius 1 is 1.20 bits per heavy atom. The first kappa shape index (κ1) is 13.3. The van der Waals surface area contributed by atoms with Crippen LogP contribution in [0.3, 0.4) is 0 Å². The first-order valence-electron chi connectivity index (χ1n) is 6.40. The van der Waals surface area contributed by atoms with Crippen LogP contribution in [0.2, 0.25) is 0 Å². The number of hydrogen-bond donors (Lipinski definition) is 2. The highest BCUT2D eigenvalue weighted by Crippen LogP contribution is 2.27. The maximum Gasteiger partial charge on any atom is 0.226 e. The van der Waals surface area contributed by atoms with Gasteiger partial charge in [-0.05, 0) is 25.3 Å². The lowest BCUT2D eigenvalue weighted by Gasteiger charge is -2.08. The fourth-order valence-corrected chi connectivity index (χ4v) is 3.37. The average Bonchev–Trinajstić information content (AvgIpc) is 3.05. The number of nitrogens with one attached hydrogen (secondary N) is 2. The SMILES string of the molecule is CCNc1nc(NCc2scnc2C)c2ccsc2n1. The van der Waals surface area contributed by atoms with Crippen LogP contribution in [-0.4, -0.2) is 21.5 Å². The van der Waals surface area contributed by atoms with Gasteiger partial charge in [0.2, 0.25) is 5.95 Å². The van der Waals surface area contributed by atoms with Crippen LogP contribution in [-0.2, 0) is 6.54 Å². The van der Waals surface area contributed by atoms with Gasteiger partial charge in [0.1, 0.15) is 10.6 Å². The number of fused-ring (bicyclic) bond motifs is 1. The van der Waals surface area contributed by atoms with Gasteiger partial charge in [0, 0.05) is 11.4 Å².